The van der Waals surface area contributed by atoms with Crippen LogP contribution in [0.15, 0.2) is 30.3 Å². The molecule has 1 aromatic carbocycles. The van der Waals surface area contributed by atoms with Crippen LogP contribution in [0.1, 0.15) is 50.5 Å². The van der Waals surface area contributed by atoms with Crippen molar-refractivity contribution in [1.29, 1.82) is 0 Å². The number of likely N-dealkylation sites (tertiary alicyclic amines) is 1. The van der Waals surface area contributed by atoms with Gasteiger partial charge in [0.2, 0.25) is 11.8 Å². The van der Waals surface area contributed by atoms with E-state index in [0.717, 1.165) is 25.8 Å². The third-order valence-electron chi connectivity index (χ3n) is 5.33. The summed E-state index contributed by atoms with van der Waals surface area (Å²) in [5.41, 5.74) is 1.33. The molecule has 0 bridgehead atoms. The highest BCUT2D eigenvalue weighted by Crippen LogP contribution is 2.34. The van der Waals surface area contributed by atoms with Gasteiger partial charge in [-0.3, -0.25) is 9.59 Å². The number of amides is 2. The zero-order valence-electron chi connectivity index (χ0n) is 13.8. The van der Waals surface area contributed by atoms with Crippen molar-refractivity contribution in [2.24, 2.45) is 5.92 Å². The van der Waals surface area contributed by atoms with Crippen molar-refractivity contribution in [2.45, 2.75) is 51.0 Å². The molecule has 0 aliphatic carbocycles. The minimum Gasteiger partial charge on any atom is -0.355 e. The summed E-state index contributed by atoms with van der Waals surface area (Å²) in [6, 6.07) is 10.9. The number of carbonyl (C=O) groups is 2. The summed E-state index contributed by atoms with van der Waals surface area (Å²) in [7, 11) is 0. The van der Waals surface area contributed by atoms with Gasteiger partial charge in [0.05, 0.1) is 5.92 Å². The molecule has 0 radical (unpaired) electrons. The van der Waals surface area contributed by atoms with Crippen LogP contribution in [0.25, 0.3) is 0 Å². The highest BCUT2D eigenvalue weighted by Gasteiger charge is 2.38. The fourth-order valence-corrected chi connectivity index (χ4v) is 4.09. The summed E-state index contributed by atoms with van der Waals surface area (Å²) in [5.74, 6) is 0.673. The number of rotatable bonds is 4. The van der Waals surface area contributed by atoms with Crippen LogP contribution in [0.5, 0.6) is 0 Å². The Morgan fingerprint density at radius 1 is 1.30 bits per heavy atom. The standard InChI is InChI=1S/C19H26N2O2/c1-2-16(14-7-4-3-5-8-14)17-9-6-12-21(17)19(23)15-10-11-18(22)20-13-15/h3-5,7-8,15-17H,2,6,9-13H2,1H3,(H,20,22)/t15-,16-,17-/m1/s1. The zero-order valence-corrected chi connectivity index (χ0v) is 13.8. The molecule has 3 atom stereocenters. The van der Waals surface area contributed by atoms with E-state index < -0.39 is 0 Å². The number of benzene rings is 1. The van der Waals surface area contributed by atoms with E-state index in [9.17, 15) is 9.59 Å². The van der Waals surface area contributed by atoms with Gasteiger partial charge in [0.15, 0.2) is 0 Å². The Morgan fingerprint density at radius 2 is 2.09 bits per heavy atom. The molecule has 2 fully saturated rings. The largest absolute Gasteiger partial charge is 0.355 e. The van der Waals surface area contributed by atoms with Crippen LogP contribution in [0.3, 0.4) is 0 Å². The van der Waals surface area contributed by atoms with E-state index in [4.69, 9.17) is 0 Å². The van der Waals surface area contributed by atoms with Crippen LogP contribution >= 0.6 is 0 Å². The molecule has 4 heteroatoms. The van der Waals surface area contributed by atoms with Crippen molar-refractivity contribution in [3.05, 3.63) is 35.9 Å². The second kappa shape index (κ2) is 7.16. The van der Waals surface area contributed by atoms with E-state index in [1.807, 2.05) is 6.07 Å². The molecule has 0 saturated carbocycles. The summed E-state index contributed by atoms with van der Waals surface area (Å²) >= 11 is 0. The molecule has 2 saturated heterocycles. The Kier molecular flexibility index (Phi) is 4.99. The molecule has 124 valence electrons. The Bertz CT molecular complexity index is 548. The first kappa shape index (κ1) is 16.0. The quantitative estimate of drug-likeness (QED) is 0.929. The van der Waals surface area contributed by atoms with Crippen LogP contribution in [-0.4, -0.2) is 35.8 Å². The summed E-state index contributed by atoms with van der Waals surface area (Å²) in [6.45, 7) is 3.57. The highest BCUT2D eigenvalue weighted by molar-refractivity contribution is 5.84. The fourth-order valence-electron chi connectivity index (χ4n) is 4.09. The van der Waals surface area contributed by atoms with Gasteiger partial charge in [-0.25, -0.2) is 0 Å². The topological polar surface area (TPSA) is 49.4 Å². The monoisotopic (exact) mass is 314 g/mol. The van der Waals surface area contributed by atoms with Gasteiger partial charge >= 0.3 is 0 Å². The van der Waals surface area contributed by atoms with Crippen molar-refractivity contribution < 1.29 is 9.59 Å². The van der Waals surface area contributed by atoms with Crippen LogP contribution in [0.4, 0.5) is 0 Å². The summed E-state index contributed by atoms with van der Waals surface area (Å²) < 4.78 is 0. The Labute approximate surface area is 138 Å². The molecular formula is C19H26N2O2. The molecule has 4 nitrogen and oxygen atoms in total. The van der Waals surface area contributed by atoms with Gasteiger partial charge in [-0.1, -0.05) is 37.3 Å². The average molecular weight is 314 g/mol. The third-order valence-corrected chi connectivity index (χ3v) is 5.33. The molecule has 0 spiro atoms. The number of nitrogens with zero attached hydrogens (tertiary/aromatic N) is 1. The minimum absolute atomic E-state index is 0.0402. The van der Waals surface area contributed by atoms with E-state index in [-0.39, 0.29) is 17.7 Å². The van der Waals surface area contributed by atoms with Crippen LogP contribution in [0, 0.1) is 5.92 Å². The molecule has 0 unspecified atom stereocenters. The summed E-state index contributed by atoms with van der Waals surface area (Å²) in [6.07, 6.45) is 4.37. The highest BCUT2D eigenvalue weighted by atomic mass is 16.2. The SMILES string of the molecule is CC[C@H](c1ccccc1)[C@H]1CCCN1C(=O)[C@@H]1CCC(=O)NC1. The van der Waals surface area contributed by atoms with Gasteiger partial charge in [-0.2, -0.15) is 0 Å². The van der Waals surface area contributed by atoms with Gasteiger partial charge in [0.25, 0.3) is 0 Å². The van der Waals surface area contributed by atoms with Crippen molar-refractivity contribution in [3.63, 3.8) is 0 Å². The lowest BCUT2D eigenvalue weighted by Gasteiger charge is -2.35. The first-order chi connectivity index (χ1) is 11.2. The van der Waals surface area contributed by atoms with E-state index >= 15 is 0 Å². The molecule has 23 heavy (non-hydrogen) atoms. The maximum absolute atomic E-state index is 12.9. The Balaban J connectivity index is 1.74. The van der Waals surface area contributed by atoms with E-state index in [2.05, 4.69) is 41.4 Å². The summed E-state index contributed by atoms with van der Waals surface area (Å²) in [5, 5.41) is 2.84. The maximum atomic E-state index is 12.9. The number of carbonyl (C=O) groups excluding carboxylic acids is 2. The fraction of sp³-hybridized carbons (Fsp3) is 0.579. The van der Waals surface area contributed by atoms with Crippen molar-refractivity contribution >= 4 is 11.8 Å². The van der Waals surface area contributed by atoms with E-state index in [0.29, 0.717) is 31.3 Å². The second-order valence-corrected chi connectivity index (χ2v) is 6.71. The minimum atomic E-state index is -0.0402. The predicted molar refractivity (Wildman–Crippen MR) is 89.9 cm³/mol. The molecule has 1 aromatic rings. The smallest absolute Gasteiger partial charge is 0.227 e. The zero-order chi connectivity index (χ0) is 16.2. The van der Waals surface area contributed by atoms with E-state index in [1.54, 1.807) is 0 Å². The lowest BCUT2D eigenvalue weighted by Crippen LogP contribution is -2.47. The lowest BCUT2D eigenvalue weighted by molar-refractivity contribution is -0.138. The molecule has 2 aliphatic heterocycles. The average Bonchev–Trinajstić information content (AvgIpc) is 3.06. The van der Waals surface area contributed by atoms with Gasteiger partial charge in [-0.15, -0.1) is 0 Å². The maximum Gasteiger partial charge on any atom is 0.227 e. The van der Waals surface area contributed by atoms with Gasteiger partial charge < -0.3 is 10.2 Å². The second-order valence-electron chi connectivity index (χ2n) is 6.71. The number of piperidine rings is 1. The van der Waals surface area contributed by atoms with Crippen molar-refractivity contribution in [1.82, 2.24) is 10.2 Å². The first-order valence-electron chi connectivity index (χ1n) is 8.82. The van der Waals surface area contributed by atoms with Gasteiger partial charge in [0.1, 0.15) is 0 Å². The van der Waals surface area contributed by atoms with Crippen LogP contribution in [-0.2, 0) is 9.59 Å². The van der Waals surface area contributed by atoms with Gasteiger partial charge in [0, 0.05) is 31.5 Å². The van der Waals surface area contributed by atoms with Crippen LogP contribution < -0.4 is 5.32 Å². The van der Waals surface area contributed by atoms with Crippen molar-refractivity contribution in [2.75, 3.05) is 13.1 Å². The lowest BCUT2D eigenvalue weighted by atomic mass is 9.87. The Morgan fingerprint density at radius 3 is 2.74 bits per heavy atom. The van der Waals surface area contributed by atoms with E-state index in [1.165, 1.54) is 5.56 Å². The third kappa shape index (κ3) is 3.41. The molecular weight excluding hydrogens is 288 g/mol. The number of hydrogen-bond donors (Lipinski definition) is 1. The normalized spacial score (nSPS) is 26.0. The predicted octanol–water partition coefficient (Wildman–Crippen LogP) is 2.70. The van der Waals surface area contributed by atoms with Gasteiger partial charge in [-0.05, 0) is 31.2 Å². The number of nitrogens with one attached hydrogen (secondary N) is 1. The molecule has 3 rings (SSSR count). The Hall–Kier alpha value is -1.84. The van der Waals surface area contributed by atoms with Crippen molar-refractivity contribution in [3.8, 4) is 0 Å². The number of hydrogen-bond acceptors (Lipinski definition) is 2. The molecule has 0 aromatic heterocycles. The molecule has 2 amide bonds. The molecule has 1 N–H and O–H groups in total. The van der Waals surface area contributed by atoms with Crippen LogP contribution in [0.2, 0.25) is 0 Å². The molecule has 2 aliphatic rings. The first-order valence-corrected chi connectivity index (χ1v) is 8.82. The summed E-state index contributed by atoms with van der Waals surface area (Å²) in [4.78, 5) is 26.4. The molecule has 2 heterocycles.